The molecule has 1 heterocycles. The highest BCUT2D eigenvalue weighted by Crippen LogP contribution is 2.23. The Morgan fingerprint density at radius 1 is 1.42 bits per heavy atom. The highest BCUT2D eigenvalue weighted by molar-refractivity contribution is 14.1. The summed E-state index contributed by atoms with van der Waals surface area (Å²) in [5.74, 6) is -0.152. The second-order valence-corrected chi connectivity index (χ2v) is 7.95. The third-order valence-corrected chi connectivity index (χ3v) is 6.57. The fraction of sp³-hybridized carbons (Fsp3) is 0.417. The zero-order valence-corrected chi connectivity index (χ0v) is 16.4. The number of ether oxygens (including phenoxy) is 1. The summed E-state index contributed by atoms with van der Waals surface area (Å²) in [5.41, 5.74) is -0.268. The van der Waals surface area contributed by atoms with Gasteiger partial charge in [0.2, 0.25) is 0 Å². The van der Waals surface area contributed by atoms with Gasteiger partial charge in [0.15, 0.2) is 0 Å². The van der Waals surface area contributed by atoms with Crippen molar-refractivity contribution < 1.29 is 14.6 Å². The van der Waals surface area contributed by atoms with E-state index in [1.807, 2.05) is 12.1 Å². The van der Waals surface area contributed by atoms with E-state index >= 15 is 0 Å². The van der Waals surface area contributed by atoms with Crippen molar-refractivity contribution in [3.05, 3.63) is 28.4 Å². The SMILES string of the molecule is O=C(NCC1(O)CCOC1)c1cc(I)cc(I)c1I. The Kier molecular flexibility index (Phi) is 5.71. The molecule has 0 aliphatic carbocycles. The minimum Gasteiger partial charge on any atom is -0.386 e. The zero-order valence-electron chi connectivity index (χ0n) is 9.88. The van der Waals surface area contributed by atoms with Crippen molar-refractivity contribution in [2.75, 3.05) is 19.8 Å². The number of hydrogen-bond acceptors (Lipinski definition) is 3. The lowest BCUT2D eigenvalue weighted by atomic mass is 10.0. The highest BCUT2D eigenvalue weighted by atomic mass is 127. The van der Waals surface area contributed by atoms with Crippen LogP contribution in [0.4, 0.5) is 0 Å². The summed E-state index contributed by atoms with van der Waals surface area (Å²) in [5, 5.41) is 12.9. The number of rotatable bonds is 3. The summed E-state index contributed by atoms with van der Waals surface area (Å²) in [4.78, 5) is 12.2. The Balaban J connectivity index is 2.08. The Labute approximate surface area is 152 Å². The fourth-order valence-corrected chi connectivity index (χ4v) is 4.20. The monoisotopic (exact) mass is 599 g/mol. The molecule has 0 aromatic heterocycles. The number of carbonyl (C=O) groups is 1. The Bertz CT molecular complexity index is 501. The van der Waals surface area contributed by atoms with E-state index in [-0.39, 0.29) is 19.1 Å². The molecule has 1 amide bonds. The maximum atomic E-state index is 12.2. The lowest BCUT2D eigenvalue weighted by Crippen LogP contribution is -2.43. The first-order valence-corrected chi connectivity index (χ1v) is 8.88. The van der Waals surface area contributed by atoms with Gasteiger partial charge in [-0.25, -0.2) is 0 Å². The number of nitrogens with one attached hydrogen (secondary N) is 1. The van der Waals surface area contributed by atoms with Gasteiger partial charge in [-0.15, -0.1) is 0 Å². The van der Waals surface area contributed by atoms with Gasteiger partial charge in [-0.3, -0.25) is 4.79 Å². The summed E-state index contributed by atoms with van der Waals surface area (Å²) in [6, 6.07) is 3.88. The first-order valence-electron chi connectivity index (χ1n) is 5.64. The summed E-state index contributed by atoms with van der Waals surface area (Å²) in [7, 11) is 0. The summed E-state index contributed by atoms with van der Waals surface area (Å²) < 4.78 is 8.17. The molecular formula is C12H12I3NO3. The molecule has 1 atom stereocenters. The molecule has 0 spiro atoms. The van der Waals surface area contributed by atoms with Crippen molar-refractivity contribution in [1.82, 2.24) is 5.32 Å². The van der Waals surface area contributed by atoms with E-state index in [0.717, 1.165) is 10.7 Å². The molecule has 1 aromatic rings. The average molecular weight is 599 g/mol. The van der Waals surface area contributed by atoms with Crippen LogP contribution in [0.15, 0.2) is 12.1 Å². The number of carbonyl (C=O) groups excluding carboxylic acids is 1. The standard InChI is InChI=1S/C12H12I3NO3/c13-7-3-8(10(15)9(14)4-7)11(17)16-5-12(18)1-2-19-6-12/h3-4,18H,1-2,5-6H2,(H,16,17). The van der Waals surface area contributed by atoms with Gasteiger partial charge >= 0.3 is 0 Å². The van der Waals surface area contributed by atoms with E-state index in [2.05, 4.69) is 73.1 Å². The predicted octanol–water partition coefficient (Wildman–Crippen LogP) is 2.38. The van der Waals surface area contributed by atoms with Gasteiger partial charge in [-0.1, -0.05) is 0 Å². The molecule has 1 unspecified atom stereocenters. The van der Waals surface area contributed by atoms with Crippen LogP contribution < -0.4 is 5.32 Å². The van der Waals surface area contributed by atoms with E-state index in [4.69, 9.17) is 4.74 Å². The van der Waals surface area contributed by atoms with E-state index in [1.165, 1.54) is 0 Å². The molecule has 2 N–H and O–H groups in total. The third kappa shape index (κ3) is 4.14. The fourth-order valence-electron chi connectivity index (χ4n) is 1.80. The molecule has 0 radical (unpaired) electrons. The molecule has 1 saturated heterocycles. The smallest absolute Gasteiger partial charge is 0.252 e. The van der Waals surface area contributed by atoms with Gasteiger partial charge in [-0.2, -0.15) is 0 Å². The summed E-state index contributed by atoms with van der Waals surface area (Å²) in [6.07, 6.45) is 0.564. The van der Waals surface area contributed by atoms with E-state index in [9.17, 15) is 9.90 Å². The van der Waals surface area contributed by atoms with Gasteiger partial charge in [-0.05, 0) is 79.9 Å². The lowest BCUT2D eigenvalue weighted by molar-refractivity contribution is 0.0264. The number of amides is 1. The van der Waals surface area contributed by atoms with Crippen LogP contribution in [0.5, 0.6) is 0 Å². The van der Waals surface area contributed by atoms with Gasteiger partial charge in [0.1, 0.15) is 5.60 Å². The van der Waals surface area contributed by atoms with Crippen molar-refractivity contribution in [1.29, 1.82) is 0 Å². The number of hydrogen-bond donors (Lipinski definition) is 2. The minimum absolute atomic E-state index is 0.152. The summed E-state index contributed by atoms with van der Waals surface area (Å²) >= 11 is 6.58. The van der Waals surface area contributed by atoms with Crippen LogP contribution in [0.1, 0.15) is 16.8 Å². The van der Waals surface area contributed by atoms with E-state index in [1.54, 1.807) is 0 Å². The number of benzene rings is 1. The van der Waals surface area contributed by atoms with Gasteiger partial charge in [0.25, 0.3) is 5.91 Å². The summed E-state index contributed by atoms with van der Waals surface area (Å²) in [6.45, 7) is 1.06. The molecule has 4 nitrogen and oxygen atoms in total. The van der Waals surface area contributed by atoms with Crippen molar-refractivity contribution in [3.63, 3.8) is 0 Å². The Morgan fingerprint density at radius 3 is 2.79 bits per heavy atom. The van der Waals surface area contributed by atoms with Crippen LogP contribution in [0.3, 0.4) is 0 Å². The molecule has 1 fully saturated rings. The first kappa shape index (κ1) is 16.2. The maximum absolute atomic E-state index is 12.2. The molecule has 0 saturated carbocycles. The minimum atomic E-state index is -0.920. The molecule has 1 aliphatic rings. The lowest BCUT2D eigenvalue weighted by Gasteiger charge is -2.21. The molecule has 104 valence electrons. The normalized spacial score (nSPS) is 22.5. The van der Waals surface area contributed by atoms with E-state index < -0.39 is 5.60 Å². The molecule has 19 heavy (non-hydrogen) atoms. The first-order chi connectivity index (χ1) is 8.91. The quantitative estimate of drug-likeness (QED) is 0.415. The zero-order chi connectivity index (χ0) is 14.0. The molecule has 1 aromatic carbocycles. The van der Waals surface area contributed by atoms with E-state index in [0.29, 0.717) is 18.6 Å². The van der Waals surface area contributed by atoms with Crippen molar-refractivity contribution in [2.24, 2.45) is 0 Å². The molecular weight excluding hydrogens is 587 g/mol. The van der Waals surface area contributed by atoms with Gasteiger partial charge in [0, 0.05) is 30.3 Å². The third-order valence-electron chi connectivity index (χ3n) is 2.90. The topological polar surface area (TPSA) is 58.6 Å². The molecule has 1 aliphatic heterocycles. The Morgan fingerprint density at radius 2 is 2.16 bits per heavy atom. The second-order valence-electron chi connectivity index (χ2n) is 4.46. The van der Waals surface area contributed by atoms with Crippen LogP contribution in [-0.2, 0) is 4.74 Å². The predicted molar refractivity (Wildman–Crippen MR) is 97.3 cm³/mol. The van der Waals surface area contributed by atoms with Gasteiger partial charge < -0.3 is 15.2 Å². The second kappa shape index (κ2) is 6.71. The molecule has 2 rings (SSSR count). The molecule has 0 bridgehead atoms. The number of halogens is 3. The van der Waals surface area contributed by atoms with Gasteiger partial charge in [0.05, 0.1) is 12.2 Å². The van der Waals surface area contributed by atoms with Crippen LogP contribution in [0.25, 0.3) is 0 Å². The van der Waals surface area contributed by atoms with Crippen LogP contribution in [0, 0.1) is 10.7 Å². The van der Waals surface area contributed by atoms with Crippen LogP contribution in [0.2, 0.25) is 0 Å². The van der Waals surface area contributed by atoms with Crippen molar-refractivity contribution in [3.8, 4) is 0 Å². The number of aliphatic hydroxyl groups is 1. The van der Waals surface area contributed by atoms with Crippen LogP contribution in [-0.4, -0.2) is 36.4 Å². The van der Waals surface area contributed by atoms with Crippen molar-refractivity contribution in [2.45, 2.75) is 12.0 Å². The maximum Gasteiger partial charge on any atom is 0.252 e. The Hall–Kier alpha value is 0.800. The van der Waals surface area contributed by atoms with Crippen LogP contribution >= 0.6 is 67.8 Å². The largest absolute Gasteiger partial charge is 0.386 e. The molecule has 7 heteroatoms. The highest BCUT2D eigenvalue weighted by Gasteiger charge is 2.32. The van der Waals surface area contributed by atoms with Crippen molar-refractivity contribution >= 4 is 73.7 Å². The average Bonchev–Trinajstić information content (AvgIpc) is 2.78.